The summed E-state index contributed by atoms with van der Waals surface area (Å²) in [6.45, 7) is 1.55. The minimum absolute atomic E-state index is 0.0884. The van der Waals surface area contributed by atoms with E-state index in [2.05, 4.69) is 15.5 Å². The Hall–Kier alpha value is -4.02. The van der Waals surface area contributed by atoms with E-state index >= 15 is 0 Å². The van der Waals surface area contributed by atoms with E-state index in [4.69, 9.17) is 4.74 Å². The van der Waals surface area contributed by atoms with Crippen molar-refractivity contribution in [2.75, 3.05) is 11.9 Å². The van der Waals surface area contributed by atoms with Crippen molar-refractivity contribution in [3.8, 4) is 5.69 Å². The number of amides is 1. The van der Waals surface area contributed by atoms with Gasteiger partial charge in [0.2, 0.25) is 5.91 Å². The molecule has 0 spiro atoms. The first-order valence-corrected chi connectivity index (χ1v) is 8.27. The molecule has 1 N–H and O–H groups in total. The SMILES string of the molecule is CCOC(=O)c1cnn(-c2ccccc2)c1NC(=O)Cn1cc([N+](=O)[O-])cn1. The number of esters is 1. The Balaban J connectivity index is 1.87. The number of anilines is 1. The molecule has 28 heavy (non-hydrogen) atoms. The Morgan fingerprint density at radius 1 is 1.21 bits per heavy atom. The van der Waals surface area contributed by atoms with Gasteiger partial charge in [-0.25, -0.2) is 9.48 Å². The van der Waals surface area contributed by atoms with Crippen LogP contribution in [0.4, 0.5) is 11.5 Å². The minimum Gasteiger partial charge on any atom is -0.462 e. The molecule has 0 radical (unpaired) electrons. The first kappa shape index (κ1) is 18.8. The molecule has 0 saturated heterocycles. The Labute approximate surface area is 158 Å². The van der Waals surface area contributed by atoms with Crippen LogP contribution in [0, 0.1) is 10.1 Å². The lowest BCUT2D eigenvalue weighted by atomic mass is 10.3. The summed E-state index contributed by atoms with van der Waals surface area (Å²) in [6, 6.07) is 8.91. The first-order valence-electron chi connectivity index (χ1n) is 8.27. The summed E-state index contributed by atoms with van der Waals surface area (Å²) < 4.78 is 7.54. The maximum absolute atomic E-state index is 12.4. The number of nitrogens with one attached hydrogen (secondary N) is 1. The molecule has 0 atom stereocenters. The summed E-state index contributed by atoms with van der Waals surface area (Å²) >= 11 is 0. The summed E-state index contributed by atoms with van der Waals surface area (Å²) in [7, 11) is 0. The third-order valence-corrected chi connectivity index (χ3v) is 3.66. The fourth-order valence-corrected chi connectivity index (χ4v) is 2.44. The van der Waals surface area contributed by atoms with E-state index in [1.807, 2.05) is 6.07 Å². The van der Waals surface area contributed by atoms with Crippen molar-refractivity contribution < 1.29 is 19.2 Å². The molecule has 11 nitrogen and oxygen atoms in total. The Morgan fingerprint density at radius 2 is 1.96 bits per heavy atom. The van der Waals surface area contributed by atoms with Crippen LogP contribution in [0.1, 0.15) is 17.3 Å². The molecule has 0 aliphatic rings. The molecule has 3 aromatic rings. The third kappa shape index (κ3) is 4.03. The zero-order valence-corrected chi connectivity index (χ0v) is 14.8. The number of benzene rings is 1. The smallest absolute Gasteiger partial charge is 0.343 e. The molecule has 3 rings (SSSR count). The number of para-hydroxylation sites is 1. The lowest BCUT2D eigenvalue weighted by Crippen LogP contribution is -2.22. The molecule has 2 heterocycles. The van der Waals surface area contributed by atoms with Gasteiger partial charge < -0.3 is 10.1 Å². The number of rotatable bonds is 7. The average Bonchev–Trinajstić information content (AvgIpc) is 3.30. The second-order valence-corrected chi connectivity index (χ2v) is 5.58. The van der Waals surface area contributed by atoms with E-state index < -0.39 is 16.8 Å². The van der Waals surface area contributed by atoms with Crippen LogP contribution in [-0.4, -0.2) is 43.0 Å². The standard InChI is InChI=1S/C17H16N6O5/c1-2-28-17(25)14-9-19-22(12-6-4-3-5-7-12)16(14)20-15(24)11-21-10-13(8-18-21)23(26)27/h3-10H,2,11H2,1H3,(H,20,24). The van der Waals surface area contributed by atoms with Gasteiger partial charge in [-0.05, 0) is 19.1 Å². The molecule has 0 bridgehead atoms. The predicted molar refractivity (Wildman–Crippen MR) is 97.0 cm³/mol. The van der Waals surface area contributed by atoms with Crippen molar-refractivity contribution >= 4 is 23.4 Å². The van der Waals surface area contributed by atoms with Gasteiger partial charge in [-0.1, -0.05) is 18.2 Å². The highest BCUT2D eigenvalue weighted by Gasteiger charge is 2.22. The largest absolute Gasteiger partial charge is 0.462 e. The molecule has 0 fully saturated rings. The van der Waals surface area contributed by atoms with Crippen molar-refractivity contribution in [2.45, 2.75) is 13.5 Å². The number of hydrogen-bond acceptors (Lipinski definition) is 7. The summed E-state index contributed by atoms with van der Waals surface area (Å²) in [4.78, 5) is 34.8. The maximum atomic E-state index is 12.4. The zero-order valence-electron chi connectivity index (χ0n) is 14.8. The number of nitro groups is 1. The summed E-state index contributed by atoms with van der Waals surface area (Å²) in [6.07, 6.45) is 3.49. The Kier molecular flexibility index (Phi) is 5.44. The van der Waals surface area contributed by atoms with Gasteiger partial charge in [0.25, 0.3) is 0 Å². The summed E-state index contributed by atoms with van der Waals surface area (Å²) in [5, 5.41) is 21.3. The third-order valence-electron chi connectivity index (χ3n) is 3.66. The molecule has 0 saturated carbocycles. The van der Waals surface area contributed by atoms with Crippen LogP contribution in [0.15, 0.2) is 48.9 Å². The highest BCUT2D eigenvalue weighted by atomic mass is 16.6. The lowest BCUT2D eigenvalue weighted by molar-refractivity contribution is -0.385. The Morgan fingerprint density at radius 3 is 2.61 bits per heavy atom. The van der Waals surface area contributed by atoms with Crippen LogP contribution in [0.5, 0.6) is 0 Å². The molecule has 1 amide bonds. The van der Waals surface area contributed by atoms with E-state index in [-0.39, 0.29) is 30.2 Å². The quantitative estimate of drug-likeness (QED) is 0.373. The summed E-state index contributed by atoms with van der Waals surface area (Å²) in [5.41, 5.74) is 0.489. The molecule has 0 unspecified atom stereocenters. The van der Waals surface area contributed by atoms with Crippen LogP contribution in [0.25, 0.3) is 5.69 Å². The average molecular weight is 384 g/mol. The van der Waals surface area contributed by atoms with E-state index in [0.717, 1.165) is 17.1 Å². The van der Waals surface area contributed by atoms with E-state index in [1.165, 1.54) is 10.9 Å². The van der Waals surface area contributed by atoms with Gasteiger partial charge in [-0.2, -0.15) is 10.2 Å². The van der Waals surface area contributed by atoms with Crippen molar-refractivity contribution in [2.24, 2.45) is 0 Å². The number of carbonyl (C=O) groups is 2. The fourth-order valence-electron chi connectivity index (χ4n) is 2.44. The van der Waals surface area contributed by atoms with Gasteiger partial charge in [-0.15, -0.1) is 0 Å². The monoisotopic (exact) mass is 384 g/mol. The number of aromatic nitrogens is 4. The van der Waals surface area contributed by atoms with E-state index in [9.17, 15) is 19.7 Å². The molecule has 11 heteroatoms. The summed E-state index contributed by atoms with van der Waals surface area (Å²) in [5.74, 6) is -1.03. The topological polar surface area (TPSA) is 134 Å². The molecule has 0 aliphatic carbocycles. The van der Waals surface area contributed by atoms with E-state index in [0.29, 0.717) is 5.69 Å². The maximum Gasteiger partial charge on any atom is 0.343 e. The second-order valence-electron chi connectivity index (χ2n) is 5.58. The van der Waals surface area contributed by atoms with Crippen molar-refractivity contribution in [1.82, 2.24) is 19.6 Å². The molecular weight excluding hydrogens is 368 g/mol. The van der Waals surface area contributed by atoms with Crippen molar-refractivity contribution in [1.29, 1.82) is 0 Å². The first-order chi connectivity index (χ1) is 13.5. The van der Waals surface area contributed by atoms with Gasteiger partial charge in [-0.3, -0.25) is 19.6 Å². The van der Waals surface area contributed by atoms with Gasteiger partial charge >= 0.3 is 11.7 Å². The highest BCUT2D eigenvalue weighted by molar-refractivity contribution is 6.00. The van der Waals surface area contributed by atoms with Crippen LogP contribution in [-0.2, 0) is 16.1 Å². The number of hydrogen-bond donors (Lipinski definition) is 1. The van der Waals surface area contributed by atoms with Crippen LogP contribution >= 0.6 is 0 Å². The van der Waals surface area contributed by atoms with Crippen molar-refractivity contribution in [3.63, 3.8) is 0 Å². The van der Waals surface area contributed by atoms with Gasteiger partial charge in [0.05, 0.1) is 23.4 Å². The van der Waals surface area contributed by atoms with Crippen LogP contribution in [0.2, 0.25) is 0 Å². The highest BCUT2D eigenvalue weighted by Crippen LogP contribution is 2.21. The molecule has 144 valence electrons. The van der Waals surface area contributed by atoms with Gasteiger partial charge in [0.15, 0.2) is 5.82 Å². The molecular formula is C17H16N6O5. The second kappa shape index (κ2) is 8.12. The number of nitrogens with zero attached hydrogens (tertiary/aromatic N) is 5. The van der Waals surface area contributed by atoms with Crippen molar-refractivity contribution in [3.05, 3.63) is 64.6 Å². The van der Waals surface area contributed by atoms with Crippen LogP contribution in [0.3, 0.4) is 0 Å². The predicted octanol–water partition coefficient (Wildman–Crippen LogP) is 1.79. The zero-order chi connectivity index (χ0) is 20.1. The van der Waals surface area contributed by atoms with Gasteiger partial charge in [0, 0.05) is 0 Å². The van der Waals surface area contributed by atoms with Gasteiger partial charge in [0.1, 0.15) is 24.5 Å². The fraction of sp³-hybridized carbons (Fsp3) is 0.176. The molecule has 0 aliphatic heterocycles. The number of ether oxygens (including phenoxy) is 1. The normalized spacial score (nSPS) is 10.5. The molecule has 1 aromatic carbocycles. The molecule has 2 aromatic heterocycles. The Bertz CT molecular complexity index is 1010. The van der Waals surface area contributed by atoms with Crippen LogP contribution < -0.4 is 5.32 Å². The number of carbonyl (C=O) groups excluding carboxylic acids is 2. The van der Waals surface area contributed by atoms with E-state index in [1.54, 1.807) is 31.2 Å². The minimum atomic E-state index is -0.630. The lowest BCUT2D eigenvalue weighted by Gasteiger charge is -2.11.